The molecule has 9 heteroatoms. The van der Waals surface area contributed by atoms with Crippen LogP contribution < -0.4 is 14.2 Å². The van der Waals surface area contributed by atoms with Gasteiger partial charge in [-0.2, -0.15) is 0 Å². The second-order valence-corrected chi connectivity index (χ2v) is 8.55. The van der Waals surface area contributed by atoms with Crippen molar-refractivity contribution in [1.82, 2.24) is 19.7 Å². The maximum Gasteiger partial charge on any atom is 0.231 e. The molecule has 158 valence electrons. The number of fused-ring (bicyclic) bond motifs is 1. The molecular formula is C22H20N4O3S2. The quantitative estimate of drug-likeness (QED) is 0.348. The van der Waals surface area contributed by atoms with Crippen LogP contribution in [0.2, 0.25) is 0 Å². The highest BCUT2D eigenvalue weighted by atomic mass is 32.2. The van der Waals surface area contributed by atoms with E-state index in [1.165, 1.54) is 0 Å². The summed E-state index contributed by atoms with van der Waals surface area (Å²) in [5, 5.41) is 12.6. The van der Waals surface area contributed by atoms with E-state index >= 15 is 0 Å². The van der Waals surface area contributed by atoms with E-state index < -0.39 is 0 Å². The third-order valence-electron chi connectivity index (χ3n) is 4.74. The summed E-state index contributed by atoms with van der Waals surface area (Å²) in [6.07, 6.45) is 0. The van der Waals surface area contributed by atoms with Crippen molar-refractivity contribution < 1.29 is 14.2 Å². The molecule has 4 aromatic rings. The average Bonchev–Trinajstić information content (AvgIpc) is 3.55. The van der Waals surface area contributed by atoms with E-state index in [-0.39, 0.29) is 6.79 Å². The molecule has 1 aliphatic rings. The van der Waals surface area contributed by atoms with Crippen LogP contribution in [-0.2, 0) is 18.9 Å². The van der Waals surface area contributed by atoms with Gasteiger partial charge < -0.3 is 18.8 Å². The Morgan fingerprint density at radius 3 is 2.84 bits per heavy atom. The molecule has 0 saturated carbocycles. The summed E-state index contributed by atoms with van der Waals surface area (Å²) >= 11 is 3.25. The summed E-state index contributed by atoms with van der Waals surface area (Å²) in [6.45, 7) is 3.52. The Balaban J connectivity index is 1.24. The Morgan fingerprint density at radius 2 is 1.97 bits per heavy atom. The van der Waals surface area contributed by atoms with Gasteiger partial charge in [0.05, 0.1) is 5.69 Å². The topological polar surface area (TPSA) is 71.3 Å². The van der Waals surface area contributed by atoms with Crippen molar-refractivity contribution in [2.45, 2.75) is 31.0 Å². The average molecular weight is 453 g/mol. The molecule has 0 fully saturated rings. The minimum absolute atomic E-state index is 0.273. The lowest BCUT2D eigenvalue weighted by molar-refractivity contribution is 0.174. The smallest absolute Gasteiger partial charge is 0.231 e. The van der Waals surface area contributed by atoms with Crippen molar-refractivity contribution in [2.75, 3.05) is 6.79 Å². The lowest BCUT2D eigenvalue weighted by atomic mass is 10.2. The molecule has 7 nitrogen and oxygen atoms in total. The third-order valence-corrected chi connectivity index (χ3v) is 6.68. The zero-order chi connectivity index (χ0) is 21.0. The van der Waals surface area contributed by atoms with Gasteiger partial charge in [0, 0.05) is 23.2 Å². The van der Waals surface area contributed by atoms with Crippen LogP contribution >= 0.6 is 23.1 Å². The van der Waals surface area contributed by atoms with Crippen molar-refractivity contribution in [2.24, 2.45) is 0 Å². The molecular weight excluding hydrogens is 432 g/mol. The van der Waals surface area contributed by atoms with Gasteiger partial charge in [-0.3, -0.25) is 0 Å². The molecule has 0 radical (unpaired) electrons. The highest BCUT2D eigenvalue weighted by Crippen LogP contribution is 2.37. The van der Waals surface area contributed by atoms with Crippen molar-refractivity contribution in [1.29, 1.82) is 0 Å². The first kappa shape index (κ1) is 19.9. The van der Waals surface area contributed by atoms with E-state index in [1.54, 1.807) is 23.1 Å². The van der Waals surface area contributed by atoms with Crippen LogP contribution in [0.3, 0.4) is 0 Å². The minimum atomic E-state index is 0.273. The van der Waals surface area contributed by atoms with Crippen LogP contribution in [0.15, 0.2) is 59.1 Å². The summed E-state index contributed by atoms with van der Waals surface area (Å²) in [5.41, 5.74) is 2.04. The van der Waals surface area contributed by atoms with E-state index in [1.807, 2.05) is 48.5 Å². The Morgan fingerprint density at radius 1 is 1.10 bits per heavy atom. The zero-order valence-corrected chi connectivity index (χ0v) is 18.5. The van der Waals surface area contributed by atoms with Crippen molar-refractivity contribution >= 4 is 23.1 Å². The summed E-state index contributed by atoms with van der Waals surface area (Å²) in [7, 11) is 0. The summed E-state index contributed by atoms with van der Waals surface area (Å²) < 4.78 is 18.8. The predicted molar refractivity (Wildman–Crippen MR) is 120 cm³/mol. The molecule has 0 aliphatic carbocycles. The first-order valence-corrected chi connectivity index (χ1v) is 11.7. The lowest BCUT2D eigenvalue weighted by Gasteiger charge is -2.08. The number of rotatable bonds is 8. The van der Waals surface area contributed by atoms with Gasteiger partial charge in [-0.1, -0.05) is 30.0 Å². The number of thioether (sulfide) groups is 1. The largest absolute Gasteiger partial charge is 0.486 e. The van der Waals surface area contributed by atoms with Crippen LogP contribution in [0, 0.1) is 0 Å². The fourth-order valence-electron chi connectivity index (χ4n) is 3.19. The normalized spacial score (nSPS) is 12.3. The maximum atomic E-state index is 5.83. The molecule has 0 bridgehead atoms. The molecule has 31 heavy (non-hydrogen) atoms. The van der Waals surface area contributed by atoms with Crippen molar-refractivity contribution in [3.8, 4) is 27.8 Å². The fourth-order valence-corrected chi connectivity index (χ4v) is 5.02. The molecule has 0 amide bonds. The molecule has 1 aliphatic heterocycles. The third kappa shape index (κ3) is 4.38. The molecule has 3 heterocycles. The lowest BCUT2D eigenvalue weighted by Crippen LogP contribution is -2.07. The van der Waals surface area contributed by atoms with Gasteiger partial charge in [0.2, 0.25) is 6.79 Å². The second kappa shape index (κ2) is 8.99. The Kier molecular flexibility index (Phi) is 5.77. The van der Waals surface area contributed by atoms with Crippen LogP contribution in [-0.4, -0.2) is 26.5 Å². The van der Waals surface area contributed by atoms with Gasteiger partial charge in [0.15, 0.2) is 22.5 Å². The van der Waals surface area contributed by atoms with Crippen LogP contribution in [0.25, 0.3) is 10.6 Å². The SMILES string of the molecule is CCn1c(COc2ccccc2)nnc1SCc1csc(-c2ccc3c(c2)OCO3)n1. The summed E-state index contributed by atoms with van der Waals surface area (Å²) in [6, 6.07) is 15.6. The first-order valence-electron chi connectivity index (χ1n) is 9.87. The standard InChI is InChI=1S/C22H20N4O3S2/c1-2-26-20(11-27-17-6-4-3-5-7-17)24-25-22(26)31-13-16-12-30-21(23-16)15-8-9-18-19(10-15)29-14-28-18/h3-10,12H,2,11,13-14H2,1H3. The minimum Gasteiger partial charge on any atom is -0.486 e. The van der Waals surface area contributed by atoms with Crippen molar-refractivity contribution in [3.05, 3.63) is 65.4 Å². The van der Waals surface area contributed by atoms with E-state index in [2.05, 4.69) is 27.1 Å². The Labute approximate surface area is 188 Å². The second-order valence-electron chi connectivity index (χ2n) is 6.75. The number of hydrogen-bond acceptors (Lipinski definition) is 8. The Bertz CT molecular complexity index is 1180. The number of ether oxygens (including phenoxy) is 3. The molecule has 0 atom stereocenters. The van der Waals surface area contributed by atoms with Crippen LogP contribution in [0.1, 0.15) is 18.4 Å². The van der Waals surface area contributed by atoms with Crippen LogP contribution in [0.5, 0.6) is 17.2 Å². The van der Waals surface area contributed by atoms with Gasteiger partial charge >= 0.3 is 0 Å². The van der Waals surface area contributed by atoms with Crippen LogP contribution in [0.4, 0.5) is 0 Å². The van der Waals surface area contributed by atoms with Gasteiger partial charge in [-0.05, 0) is 37.3 Å². The van der Waals surface area contributed by atoms with E-state index in [0.717, 1.165) is 56.8 Å². The molecule has 2 aromatic carbocycles. The number of nitrogens with zero attached hydrogens (tertiary/aromatic N) is 4. The number of benzene rings is 2. The van der Waals surface area contributed by atoms with Gasteiger partial charge in [0.25, 0.3) is 0 Å². The fraction of sp³-hybridized carbons (Fsp3) is 0.227. The molecule has 0 spiro atoms. The monoisotopic (exact) mass is 452 g/mol. The van der Waals surface area contributed by atoms with E-state index in [4.69, 9.17) is 19.2 Å². The Hall–Kier alpha value is -3.04. The van der Waals surface area contributed by atoms with E-state index in [9.17, 15) is 0 Å². The predicted octanol–water partition coefficient (Wildman–Crippen LogP) is 5.02. The summed E-state index contributed by atoms with van der Waals surface area (Å²) in [5.74, 6) is 3.90. The highest BCUT2D eigenvalue weighted by Gasteiger charge is 2.16. The van der Waals surface area contributed by atoms with Crippen molar-refractivity contribution in [3.63, 3.8) is 0 Å². The highest BCUT2D eigenvalue weighted by molar-refractivity contribution is 7.98. The maximum absolute atomic E-state index is 5.83. The molecule has 0 N–H and O–H groups in total. The molecule has 2 aromatic heterocycles. The molecule has 5 rings (SSSR count). The van der Waals surface area contributed by atoms with Gasteiger partial charge in [-0.15, -0.1) is 21.5 Å². The van der Waals surface area contributed by atoms with Gasteiger partial charge in [0.1, 0.15) is 17.4 Å². The molecule has 0 saturated heterocycles. The molecule has 0 unspecified atom stereocenters. The number of hydrogen-bond donors (Lipinski definition) is 0. The summed E-state index contributed by atoms with van der Waals surface area (Å²) in [4.78, 5) is 4.78. The number of thiazole rings is 1. The first-order chi connectivity index (χ1) is 15.3. The van der Waals surface area contributed by atoms with E-state index in [0.29, 0.717) is 6.61 Å². The van der Waals surface area contributed by atoms with Gasteiger partial charge in [-0.25, -0.2) is 4.98 Å². The number of para-hydroxylation sites is 1. The number of aromatic nitrogens is 4. The zero-order valence-electron chi connectivity index (χ0n) is 16.9.